The van der Waals surface area contributed by atoms with Crippen LogP contribution in [-0.4, -0.2) is 17.0 Å². The van der Waals surface area contributed by atoms with Gasteiger partial charge in [-0.2, -0.15) is 0 Å². The molecule has 1 aliphatic carbocycles. The molecule has 0 atom stereocenters. The minimum absolute atomic E-state index is 0.0207. The van der Waals surface area contributed by atoms with Crippen molar-refractivity contribution in [1.29, 1.82) is 0 Å². The molecule has 0 heterocycles. The zero-order valence-electron chi connectivity index (χ0n) is 10.9. The number of carboxylic acids is 1. The third kappa shape index (κ3) is 4.09. The number of carbonyl (C=O) groups excluding carboxylic acids is 1. The summed E-state index contributed by atoms with van der Waals surface area (Å²) in [5.74, 6) is -0.695. The summed E-state index contributed by atoms with van der Waals surface area (Å²) in [6.45, 7) is 0. The molecule has 0 aliphatic heterocycles. The van der Waals surface area contributed by atoms with Gasteiger partial charge in [-0.05, 0) is 30.5 Å². The molecular formula is C15H19NO3. The van der Waals surface area contributed by atoms with E-state index in [9.17, 15) is 9.59 Å². The topological polar surface area (TPSA) is 66.4 Å². The van der Waals surface area contributed by atoms with Gasteiger partial charge in [0.05, 0.1) is 6.42 Å². The molecular weight excluding hydrogens is 242 g/mol. The zero-order valence-corrected chi connectivity index (χ0v) is 10.9. The average Bonchev–Trinajstić information content (AvgIpc) is 2.39. The molecule has 2 rings (SSSR count). The Hall–Kier alpha value is -1.84. The van der Waals surface area contributed by atoms with Crippen molar-refractivity contribution < 1.29 is 14.7 Å². The summed E-state index contributed by atoms with van der Waals surface area (Å²) in [7, 11) is 0. The molecule has 0 saturated heterocycles. The molecule has 4 heteroatoms. The number of carboxylic acid groups (broad SMARTS) is 1. The first kappa shape index (κ1) is 13.6. The number of aliphatic carboxylic acids is 1. The van der Waals surface area contributed by atoms with E-state index in [4.69, 9.17) is 5.11 Å². The lowest BCUT2D eigenvalue weighted by molar-refractivity contribution is -0.136. The van der Waals surface area contributed by atoms with Crippen molar-refractivity contribution in [2.45, 2.75) is 38.5 Å². The lowest BCUT2D eigenvalue weighted by Gasteiger charge is -2.20. The van der Waals surface area contributed by atoms with Gasteiger partial charge in [-0.25, -0.2) is 0 Å². The Morgan fingerprint density at radius 2 is 1.95 bits per heavy atom. The van der Waals surface area contributed by atoms with Crippen LogP contribution in [-0.2, 0) is 16.0 Å². The van der Waals surface area contributed by atoms with Crippen LogP contribution in [0.1, 0.15) is 37.7 Å². The van der Waals surface area contributed by atoms with Crippen LogP contribution in [0, 0.1) is 5.92 Å². The van der Waals surface area contributed by atoms with Crippen LogP contribution in [0.2, 0.25) is 0 Å². The highest BCUT2D eigenvalue weighted by Gasteiger charge is 2.21. The molecule has 1 amide bonds. The fourth-order valence-electron chi connectivity index (χ4n) is 2.54. The number of amides is 1. The Kier molecular flexibility index (Phi) is 4.55. The molecule has 19 heavy (non-hydrogen) atoms. The Labute approximate surface area is 112 Å². The summed E-state index contributed by atoms with van der Waals surface area (Å²) < 4.78 is 0. The Morgan fingerprint density at radius 1 is 1.21 bits per heavy atom. The first-order chi connectivity index (χ1) is 9.15. The number of hydrogen-bond acceptors (Lipinski definition) is 2. The smallest absolute Gasteiger partial charge is 0.307 e. The number of anilines is 1. The molecule has 0 spiro atoms. The van der Waals surface area contributed by atoms with Crippen LogP contribution >= 0.6 is 0 Å². The summed E-state index contributed by atoms with van der Waals surface area (Å²) in [5, 5.41) is 11.6. The van der Waals surface area contributed by atoms with Crippen molar-refractivity contribution in [3.8, 4) is 0 Å². The first-order valence-electron chi connectivity index (χ1n) is 6.77. The fourth-order valence-corrected chi connectivity index (χ4v) is 2.54. The Morgan fingerprint density at radius 3 is 2.63 bits per heavy atom. The van der Waals surface area contributed by atoms with Gasteiger partial charge in [-0.3, -0.25) is 9.59 Å². The fraction of sp³-hybridized carbons (Fsp3) is 0.467. The molecule has 1 saturated carbocycles. The quantitative estimate of drug-likeness (QED) is 0.875. The van der Waals surface area contributed by atoms with Gasteiger partial charge in [-0.1, -0.05) is 31.4 Å². The van der Waals surface area contributed by atoms with Gasteiger partial charge in [0.1, 0.15) is 0 Å². The van der Waals surface area contributed by atoms with Crippen LogP contribution in [0.15, 0.2) is 24.3 Å². The van der Waals surface area contributed by atoms with Crippen LogP contribution in [0.4, 0.5) is 5.69 Å². The molecule has 0 unspecified atom stereocenters. The van der Waals surface area contributed by atoms with Crippen LogP contribution in [0.3, 0.4) is 0 Å². The van der Waals surface area contributed by atoms with Crippen molar-refractivity contribution in [2.75, 3.05) is 5.32 Å². The molecule has 0 aromatic heterocycles. The third-order valence-corrected chi connectivity index (χ3v) is 3.53. The van der Waals surface area contributed by atoms with Gasteiger partial charge in [-0.15, -0.1) is 0 Å². The van der Waals surface area contributed by atoms with Crippen LogP contribution in [0.25, 0.3) is 0 Å². The highest BCUT2D eigenvalue weighted by Crippen LogP contribution is 2.25. The van der Waals surface area contributed by atoms with Crippen LogP contribution < -0.4 is 5.32 Å². The summed E-state index contributed by atoms with van der Waals surface area (Å²) in [5.41, 5.74) is 1.39. The van der Waals surface area contributed by atoms with Gasteiger partial charge in [0.2, 0.25) is 5.91 Å². The Balaban J connectivity index is 1.97. The van der Waals surface area contributed by atoms with E-state index in [2.05, 4.69) is 5.32 Å². The second-order valence-corrected chi connectivity index (χ2v) is 5.10. The van der Waals surface area contributed by atoms with E-state index in [0.717, 1.165) is 25.7 Å². The summed E-state index contributed by atoms with van der Waals surface area (Å²) in [6.07, 6.45) is 5.36. The molecule has 0 bridgehead atoms. The third-order valence-electron chi connectivity index (χ3n) is 3.53. The number of rotatable bonds is 4. The van der Waals surface area contributed by atoms with E-state index < -0.39 is 5.97 Å². The van der Waals surface area contributed by atoms with Crippen molar-refractivity contribution in [3.63, 3.8) is 0 Å². The van der Waals surface area contributed by atoms with Crippen LogP contribution in [0.5, 0.6) is 0 Å². The second kappa shape index (κ2) is 6.36. The number of nitrogens with one attached hydrogen (secondary N) is 1. The van der Waals surface area contributed by atoms with E-state index in [1.165, 1.54) is 6.42 Å². The largest absolute Gasteiger partial charge is 0.481 e. The van der Waals surface area contributed by atoms with Gasteiger partial charge < -0.3 is 10.4 Å². The summed E-state index contributed by atoms with van der Waals surface area (Å²) >= 11 is 0. The van der Waals surface area contributed by atoms with Crippen molar-refractivity contribution in [2.24, 2.45) is 5.92 Å². The monoisotopic (exact) mass is 261 g/mol. The molecule has 1 aromatic carbocycles. The summed E-state index contributed by atoms with van der Waals surface area (Å²) in [4.78, 5) is 22.7. The van der Waals surface area contributed by atoms with E-state index in [-0.39, 0.29) is 18.2 Å². The van der Waals surface area contributed by atoms with Gasteiger partial charge in [0, 0.05) is 11.6 Å². The number of hydrogen-bond donors (Lipinski definition) is 2. The Bertz CT molecular complexity index is 464. The minimum atomic E-state index is -0.865. The normalized spacial score (nSPS) is 16.0. The number of benzene rings is 1. The lowest BCUT2D eigenvalue weighted by atomic mass is 9.88. The van der Waals surface area contributed by atoms with Gasteiger partial charge in [0.15, 0.2) is 0 Å². The van der Waals surface area contributed by atoms with E-state index in [1.807, 2.05) is 0 Å². The van der Waals surface area contributed by atoms with E-state index >= 15 is 0 Å². The number of carbonyl (C=O) groups is 2. The first-order valence-corrected chi connectivity index (χ1v) is 6.77. The van der Waals surface area contributed by atoms with Gasteiger partial charge in [0.25, 0.3) is 0 Å². The van der Waals surface area contributed by atoms with Crippen molar-refractivity contribution >= 4 is 17.6 Å². The predicted octanol–water partition coefficient (Wildman–Crippen LogP) is 2.83. The van der Waals surface area contributed by atoms with E-state index in [0.29, 0.717) is 11.3 Å². The highest BCUT2D eigenvalue weighted by atomic mass is 16.4. The maximum absolute atomic E-state index is 12.1. The predicted molar refractivity (Wildman–Crippen MR) is 73.0 cm³/mol. The van der Waals surface area contributed by atoms with E-state index in [1.54, 1.807) is 24.3 Å². The molecule has 4 nitrogen and oxygen atoms in total. The van der Waals surface area contributed by atoms with Crippen molar-refractivity contribution in [1.82, 2.24) is 0 Å². The SMILES string of the molecule is O=C(O)Cc1cccc(NC(=O)C2CCCCC2)c1. The molecule has 2 N–H and O–H groups in total. The molecule has 1 aromatic rings. The van der Waals surface area contributed by atoms with Gasteiger partial charge >= 0.3 is 5.97 Å². The second-order valence-electron chi connectivity index (χ2n) is 5.10. The zero-order chi connectivity index (χ0) is 13.7. The van der Waals surface area contributed by atoms with Crippen molar-refractivity contribution in [3.05, 3.63) is 29.8 Å². The molecule has 1 fully saturated rings. The average molecular weight is 261 g/mol. The maximum Gasteiger partial charge on any atom is 0.307 e. The maximum atomic E-state index is 12.1. The molecule has 102 valence electrons. The molecule has 0 radical (unpaired) electrons. The lowest BCUT2D eigenvalue weighted by Crippen LogP contribution is -2.24. The highest BCUT2D eigenvalue weighted by molar-refractivity contribution is 5.92. The standard InChI is InChI=1S/C15H19NO3/c17-14(18)10-11-5-4-8-13(9-11)16-15(19)12-6-2-1-3-7-12/h4-5,8-9,12H,1-3,6-7,10H2,(H,16,19)(H,17,18). The minimum Gasteiger partial charge on any atom is -0.481 e. The molecule has 1 aliphatic rings. The summed E-state index contributed by atoms with van der Waals surface area (Å²) in [6, 6.07) is 7.06.